The number of aliphatic hydroxyl groups excluding tert-OH is 1. The Hall–Kier alpha value is -1.80. The number of rotatable bonds is 5. The summed E-state index contributed by atoms with van der Waals surface area (Å²) in [4.78, 5) is 11.8. The Kier molecular flexibility index (Phi) is 5.25. The first-order valence-corrected chi connectivity index (χ1v) is 6.81. The molecule has 1 heterocycles. The second kappa shape index (κ2) is 6.97. The molecular weight excluding hydrogens is 301 g/mol. The summed E-state index contributed by atoms with van der Waals surface area (Å²) in [5, 5.41) is 14.9. The Morgan fingerprint density at radius 3 is 2.86 bits per heavy atom. The van der Waals surface area contributed by atoms with Crippen molar-refractivity contribution in [2.45, 2.75) is 31.3 Å². The number of halogens is 3. The van der Waals surface area contributed by atoms with Crippen LogP contribution in [0.2, 0.25) is 0 Å². The van der Waals surface area contributed by atoms with E-state index in [9.17, 15) is 23.1 Å². The molecule has 5 nitrogen and oxygen atoms in total. The molecule has 1 saturated heterocycles. The van der Waals surface area contributed by atoms with Crippen molar-refractivity contribution < 1.29 is 27.8 Å². The highest BCUT2D eigenvalue weighted by Gasteiger charge is 2.29. The number of nitrogens with one attached hydrogen (secondary N) is 2. The van der Waals surface area contributed by atoms with Gasteiger partial charge in [-0.2, -0.15) is 13.2 Å². The highest BCUT2D eigenvalue weighted by atomic mass is 19.4. The van der Waals surface area contributed by atoms with E-state index in [0.717, 1.165) is 0 Å². The quantitative estimate of drug-likeness (QED) is 0.756. The number of hydrogen-bond acceptors (Lipinski definition) is 4. The second-order valence-electron chi connectivity index (χ2n) is 5.12. The molecule has 0 unspecified atom stereocenters. The Balaban J connectivity index is 1.84. The molecule has 2 rings (SSSR count). The monoisotopic (exact) mass is 318 g/mol. The summed E-state index contributed by atoms with van der Waals surface area (Å²) >= 11 is 0. The Morgan fingerprint density at radius 2 is 2.23 bits per heavy atom. The van der Waals surface area contributed by atoms with Gasteiger partial charge in [0.25, 0.3) is 0 Å². The van der Waals surface area contributed by atoms with Crippen LogP contribution >= 0.6 is 0 Å². The fourth-order valence-electron chi connectivity index (χ4n) is 2.14. The number of alkyl halides is 3. The SMILES string of the molecule is O=C(NCc1cccc(OCC(F)(F)F)c1)[C@@H]1C[C@@H](O)CN1. The molecule has 1 aromatic rings. The molecule has 0 aromatic heterocycles. The van der Waals surface area contributed by atoms with Crippen LogP contribution in [0.3, 0.4) is 0 Å². The van der Waals surface area contributed by atoms with Crippen LogP contribution in [-0.2, 0) is 11.3 Å². The van der Waals surface area contributed by atoms with Gasteiger partial charge in [0.1, 0.15) is 5.75 Å². The van der Waals surface area contributed by atoms with E-state index in [-0.39, 0.29) is 18.2 Å². The second-order valence-corrected chi connectivity index (χ2v) is 5.12. The van der Waals surface area contributed by atoms with Crippen LogP contribution in [0.4, 0.5) is 13.2 Å². The van der Waals surface area contributed by atoms with Gasteiger partial charge in [0.15, 0.2) is 6.61 Å². The predicted octanol–water partition coefficient (Wildman–Crippen LogP) is 0.967. The van der Waals surface area contributed by atoms with Gasteiger partial charge in [-0.3, -0.25) is 4.79 Å². The van der Waals surface area contributed by atoms with Gasteiger partial charge in [0, 0.05) is 13.1 Å². The smallest absolute Gasteiger partial charge is 0.422 e. The van der Waals surface area contributed by atoms with Crippen LogP contribution in [0.1, 0.15) is 12.0 Å². The lowest BCUT2D eigenvalue weighted by atomic mass is 10.1. The zero-order valence-corrected chi connectivity index (χ0v) is 11.7. The summed E-state index contributed by atoms with van der Waals surface area (Å²) in [5.41, 5.74) is 0.631. The van der Waals surface area contributed by atoms with E-state index in [1.807, 2.05) is 0 Å². The molecule has 1 amide bonds. The van der Waals surface area contributed by atoms with E-state index in [1.54, 1.807) is 12.1 Å². The highest BCUT2D eigenvalue weighted by molar-refractivity contribution is 5.82. The van der Waals surface area contributed by atoms with Crippen LogP contribution in [0.15, 0.2) is 24.3 Å². The first-order chi connectivity index (χ1) is 10.3. The number of ether oxygens (including phenoxy) is 1. The van der Waals surface area contributed by atoms with E-state index < -0.39 is 24.9 Å². The summed E-state index contributed by atoms with van der Waals surface area (Å²) < 4.78 is 40.9. The molecule has 1 aromatic carbocycles. The zero-order chi connectivity index (χ0) is 16.2. The van der Waals surface area contributed by atoms with Crippen molar-refractivity contribution >= 4 is 5.91 Å². The first-order valence-electron chi connectivity index (χ1n) is 6.81. The first kappa shape index (κ1) is 16.6. The fraction of sp³-hybridized carbons (Fsp3) is 0.500. The lowest BCUT2D eigenvalue weighted by Crippen LogP contribution is -2.40. The van der Waals surface area contributed by atoms with Gasteiger partial charge < -0.3 is 20.5 Å². The van der Waals surface area contributed by atoms with Gasteiger partial charge in [-0.15, -0.1) is 0 Å². The standard InChI is InChI=1S/C14H17F3N2O3/c15-14(16,17)8-22-11-3-1-2-9(4-11)6-19-13(21)12-5-10(20)7-18-12/h1-4,10,12,18,20H,5-8H2,(H,19,21)/t10-,12+/m1/s1. The van der Waals surface area contributed by atoms with E-state index in [4.69, 9.17) is 0 Å². The van der Waals surface area contributed by atoms with Gasteiger partial charge >= 0.3 is 6.18 Å². The Bertz CT molecular complexity index is 522. The van der Waals surface area contributed by atoms with Crippen molar-refractivity contribution in [2.75, 3.05) is 13.2 Å². The maximum atomic E-state index is 12.1. The van der Waals surface area contributed by atoms with Gasteiger partial charge in [-0.05, 0) is 24.1 Å². The molecule has 1 aliphatic heterocycles. The third-order valence-electron chi connectivity index (χ3n) is 3.19. The van der Waals surface area contributed by atoms with Gasteiger partial charge in [0.2, 0.25) is 5.91 Å². The number of carbonyl (C=O) groups is 1. The maximum Gasteiger partial charge on any atom is 0.422 e. The summed E-state index contributed by atoms with van der Waals surface area (Å²) in [6, 6.07) is 5.66. The minimum absolute atomic E-state index is 0.0958. The molecule has 2 atom stereocenters. The van der Waals surface area contributed by atoms with Crippen LogP contribution < -0.4 is 15.4 Å². The minimum atomic E-state index is -4.39. The molecular formula is C14H17F3N2O3. The zero-order valence-electron chi connectivity index (χ0n) is 11.7. The molecule has 0 spiro atoms. The normalized spacial score (nSPS) is 21.6. The largest absolute Gasteiger partial charge is 0.484 e. The summed E-state index contributed by atoms with van der Waals surface area (Å²) in [6.07, 6.45) is -4.57. The molecule has 0 saturated carbocycles. The summed E-state index contributed by atoms with van der Waals surface area (Å²) in [5.74, 6) is -0.156. The molecule has 0 bridgehead atoms. The number of carbonyl (C=O) groups excluding carboxylic acids is 1. The van der Waals surface area contributed by atoms with Gasteiger partial charge in [-0.1, -0.05) is 12.1 Å². The minimum Gasteiger partial charge on any atom is -0.484 e. The number of β-amino-alcohol motifs (C(OH)–C–C–N with tert-alkyl or cyclic N) is 1. The van der Waals surface area contributed by atoms with Crippen LogP contribution in [0, 0.1) is 0 Å². The third kappa shape index (κ3) is 5.19. The van der Waals surface area contributed by atoms with Crippen LogP contribution in [0.5, 0.6) is 5.75 Å². The molecule has 1 fully saturated rings. The summed E-state index contributed by atoms with van der Waals surface area (Å²) in [6.45, 7) is -0.804. The number of aliphatic hydroxyl groups is 1. The lowest BCUT2D eigenvalue weighted by Gasteiger charge is -2.12. The molecule has 122 valence electrons. The van der Waals surface area contributed by atoms with Crippen molar-refractivity contribution in [3.63, 3.8) is 0 Å². The lowest BCUT2D eigenvalue weighted by molar-refractivity contribution is -0.153. The van der Waals surface area contributed by atoms with Crippen molar-refractivity contribution in [3.8, 4) is 5.75 Å². The van der Waals surface area contributed by atoms with Crippen molar-refractivity contribution in [1.29, 1.82) is 0 Å². The van der Waals surface area contributed by atoms with E-state index in [2.05, 4.69) is 15.4 Å². The molecule has 1 aliphatic rings. The Morgan fingerprint density at radius 1 is 1.45 bits per heavy atom. The molecule has 22 heavy (non-hydrogen) atoms. The number of hydrogen-bond donors (Lipinski definition) is 3. The van der Waals surface area contributed by atoms with E-state index >= 15 is 0 Å². The van der Waals surface area contributed by atoms with Crippen LogP contribution in [0.25, 0.3) is 0 Å². The fourth-order valence-corrected chi connectivity index (χ4v) is 2.14. The molecule has 0 aliphatic carbocycles. The summed E-state index contributed by atoms with van der Waals surface area (Å²) in [7, 11) is 0. The topological polar surface area (TPSA) is 70.6 Å². The van der Waals surface area contributed by atoms with Crippen molar-refractivity contribution in [2.24, 2.45) is 0 Å². The van der Waals surface area contributed by atoms with Crippen molar-refractivity contribution in [3.05, 3.63) is 29.8 Å². The van der Waals surface area contributed by atoms with E-state index in [0.29, 0.717) is 18.5 Å². The average Bonchev–Trinajstić information content (AvgIpc) is 2.89. The molecule has 3 N–H and O–H groups in total. The predicted molar refractivity (Wildman–Crippen MR) is 72.3 cm³/mol. The van der Waals surface area contributed by atoms with Crippen molar-refractivity contribution in [1.82, 2.24) is 10.6 Å². The third-order valence-corrected chi connectivity index (χ3v) is 3.19. The molecule has 8 heteroatoms. The van der Waals surface area contributed by atoms with E-state index in [1.165, 1.54) is 12.1 Å². The van der Waals surface area contributed by atoms with Gasteiger partial charge in [0.05, 0.1) is 12.1 Å². The highest BCUT2D eigenvalue weighted by Crippen LogP contribution is 2.19. The number of benzene rings is 1. The van der Waals surface area contributed by atoms with Gasteiger partial charge in [-0.25, -0.2) is 0 Å². The molecule has 0 radical (unpaired) electrons. The Labute approximate surface area is 125 Å². The average molecular weight is 318 g/mol. The number of amides is 1. The maximum absolute atomic E-state index is 12.1. The van der Waals surface area contributed by atoms with Crippen LogP contribution in [-0.4, -0.2) is 42.5 Å².